The Balaban J connectivity index is 2.71. The fourth-order valence-corrected chi connectivity index (χ4v) is 1.44. The summed E-state index contributed by atoms with van der Waals surface area (Å²) >= 11 is 0. The number of nitrogens with one attached hydrogen (secondary N) is 1. The topological polar surface area (TPSA) is 39.7 Å². The Morgan fingerprint density at radius 1 is 1.18 bits per heavy atom. The lowest BCUT2D eigenvalue weighted by molar-refractivity contribution is 0.145. The van der Waals surface area contributed by atoms with Gasteiger partial charge in [-0.25, -0.2) is 0 Å². The highest BCUT2D eigenvalue weighted by atomic mass is 16.5. The van der Waals surface area contributed by atoms with Gasteiger partial charge in [-0.2, -0.15) is 0 Å². The molecule has 0 unspecified atom stereocenters. The second kappa shape index (κ2) is 7.92. The van der Waals surface area contributed by atoms with Gasteiger partial charge in [-0.15, -0.1) is 0 Å². The zero-order valence-electron chi connectivity index (χ0n) is 10.8. The minimum absolute atomic E-state index is 0.544. The van der Waals surface area contributed by atoms with Gasteiger partial charge in [0.15, 0.2) is 0 Å². The summed E-state index contributed by atoms with van der Waals surface area (Å²) in [5.41, 5.74) is 1.13. The Labute approximate surface area is 103 Å². The van der Waals surface area contributed by atoms with E-state index in [1.165, 1.54) is 0 Å². The third-order valence-electron chi connectivity index (χ3n) is 2.38. The van der Waals surface area contributed by atoms with Crippen molar-refractivity contribution in [2.75, 3.05) is 34.0 Å². The monoisotopic (exact) mass is 239 g/mol. The standard InChI is InChI=1S/C13H21NO3/c1-4-14-10-11-5-6-12(16-3)9-13(11)17-8-7-15-2/h5-6,9,14H,4,7-8,10H2,1-3H3. The van der Waals surface area contributed by atoms with Crippen molar-refractivity contribution in [3.05, 3.63) is 23.8 Å². The zero-order chi connectivity index (χ0) is 12.5. The highest BCUT2D eigenvalue weighted by Gasteiger charge is 2.05. The van der Waals surface area contributed by atoms with Crippen LogP contribution in [-0.2, 0) is 11.3 Å². The van der Waals surface area contributed by atoms with Crippen LogP contribution in [0.3, 0.4) is 0 Å². The van der Waals surface area contributed by atoms with Crippen molar-refractivity contribution in [3.8, 4) is 11.5 Å². The molecule has 0 amide bonds. The Bertz CT molecular complexity index is 328. The molecule has 0 saturated heterocycles. The summed E-state index contributed by atoms with van der Waals surface area (Å²) in [7, 11) is 3.31. The summed E-state index contributed by atoms with van der Waals surface area (Å²) in [4.78, 5) is 0. The van der Waals surface area contributed by atoms with E-state index < -0.39 is 0 Å². The molecule has 0 aliphatic carbocycles. The van der Waals surface area contributed by atoms with Crippen LogP contribution in [0.15, 0.2) is 18.2 Å². The molecule has 0 radical (unpaired) electrons. The Morgan fingerprint density at radius 3 is 2.65 bits per heavy atom. The minimum atomic E-state index is 0.544. The van der Waals surface area contributed by atoms with Crippen molar-refractivity contribution >= 4 is 0 Å². The first kappa shape index (κ1) is 13.8. The minimum Gasteiger partial charge on any atom is -0.497 e. The maximum Gasteiger partial charge on any atom is 0.127 e. The molecule has 0 heterocycles. The molecule has 0 aliphatic rings. The van der Waals surface area contributed by atoms with Gasteiger partial charge in [-0.3, -0.25) is 0 Å². The molecule has 0 saturated carbocycles. The molecule has 0 aliphatic heterocycles. The molecule has 4 heteroatoms. The predicted molar refractivity (Wildman–Crippen MR) is 67.7 cm³/mol. The summed E-state index contributed by atoms with van der Waals surface area (Å²) in [6.07, 6.45) is 0. The van der Waals surface area contributed by atoms with E-state index in [0.717, 1.165) is 30.2 Å². The second-order valence-electron chi connectivity index (χ2n) is 3.60. The van der Waals surface area contributed by atoms with Crippen molar-refractivity contribution in [1.82, 2.24) is 5.32 Å². The molecule has 0 bridgehead atoms. The number of methoxy groups -OCH3 is 2. The van der Waals surface area contributed by atoms with Gasteiger partial charge in [-0.1, -0.05) is 13.0 Å². The quantitative estimate of drug-likeness (QED) is 0.703. The molecule has 1 aromatic carbocycles. The van der Waals surface area contributed by atoms with Gasteiger partial charge in [0.25, 0.3) is 0 Å². The molecule has 4 nitrogen and oxygen atoms in total. The summed E-state index contributed by atoms with van der Waals surface area (Å²) < 4.78 is 15.8. The molecule has 96 valence electrons. The molecule has 1 N–H and O–H groups in total. The van der Waals surface area contributed by atoms with Gasteiger partial charge in [0.2, 0.25) is 0 Å². The summed E-state index contributed by atoms with van der Waals surface area (Å²) in [6, 6.07) is 5.86. The van der Waals surface area contributed by atoms with Crippen LogP contribution < -0.4 is 14.8 Å². The number of hydrogen-bond donors (Lipinski definition) is 1. The van der Waals surface area contributed by atoms with E-state index in [-0.39, 0.29) is 0 Å². The molecule has 1 aromatic rings. The lowest BCUT2D eigenvalue weighted by Crippen LogP contribution is -2.14. The van der Waals surface area contributed by atoms with E-state index in [1.54, 1.807) is 14.2 Å². The van der Waals surface area contributed by atoms with Crippen LogP contribution in [0, 0.1) is 0 Å². The van der Waals surface area contributed by atoms with Crippen LogP contribution in [0.1, 0.15) is 12.5 Å². The van der Waals surface area contributed by atoms with Gasteiger partial charge in [0.05, 0.1) is 13.7 Å². The first-order chi connectivity index (χ1) is 8.31. The smallest absolute Gasteiger partial charge is 0.127 e. The van der Waals surface area contributed by atoms with Crippen LogP contribution in [0.25, 0.3) is 0 Å². The van der Waals surface area contributed by atoms with Crippen LogP contribution in [0.2, 0.25) is 0 Å². The molecule has 0 atom stereocenters. The highest BCUT2D eigenvalue weighted by Crippen LogP contribution is 2.24. The van der Waals surface area contributed by atoms with Crippen LogP contribution in [0.4, 0.5) is 0 Å². The van der Waals surface area contributed by atoms with Gasteiger partial charge >= 0.3 is 0 Å². The molecular formula is C13H21NO3. The summed E-state index contributed by atoms with van der Waals surface area (Å²) in [6.45, 7) is 4.93. The molecule has 0 aromatic heterocycles. The van der Waals surface area contributed by atoms with Crippen molar-refractivity contribution in [3.63, 3.8) is 0 Å². The Kier molecular flexibility index (Phi) is 6.43. The van der Waals surface area contributed by atoms with Crippen molar-refractivity contribution in [1.29, 1.82) is 0 Å². The highest BCUT2D eigenvalue weighted by molar-refractivity contribution is 5.40. The largest absolute Gasteiger partial charge is 0.497 e. The third-order valence-corrected chi connectivity index (χ3v) is 2.38. The number of ether oxygens (including phenoxy) is 3. The van der Waals surface area contributed by atoms with E-state index in [4.69, 9.17) is 14.2 Å². The number of rotatable bonds is 8. The van der Waals surface area contributed by atoms with Gasteiger partial charge in [-0.05, 0) is 12.6 Å². The van der Waals surface area contributed by atoms with E-state index in [2.05, 4.69) is 12.2 Å². The first-order valence-corrected chi connectivity index (χ1v) is 5.81. The predicted octanol–water partition coefficient (Wildman–Crippen LogP) is 1.83. The molecular weight excluding hydrogens is 218 g/mol. The van der Waals surface area contributed by atoms with Crippen LogP contribution >= 0.6 is 0 Å². The zero-order valence-corrected chi connectivity index (χ0v) is 10.8. The van der Waals surface area contributed by atoms with E-state index >= 15 is 0 Å². The molecule has 0 spiro atoms. The third kappa shape index (κ3) is 4.63. The summed E-state index contributed by atoms with van der Waals surface area (Å²) in [5.74, 6) is 1.65. The number of benzene rings is 1. The van der Waals surface area contributed by atoms with E-state index in [9.17, 15) is 0 Å². The van der Waals surface area contributed by atoms with E-state index in [0.29, 0.717) is 13.2 Å². The van der Waals surface area contributed by atoms with Crippen molar-refractivity contribution in [2.45, 2.75) is 13.5 Å². The van der Waals surface area contributed by atoms with Crippen molar-refractivity contribution in [2.24, 2.45) is 0 Å². The first-order valence-electron chi connectivity index (χ1n) is 5.81. The maximum absolute atomic E-state index is 5.67. The normalized spacial score (nSPS) is 10.3. The molecule has 17 heavy (non-hydrogen) atoms. The van der Waals surface area contributed by atoms with E-state index in [1.807, 2.05) is 18.2 Å². The maximum atomic E-state index is 5.67. The average Bonchev–Trinajstić information content (AvgIpc) is 2.37. The van der Waals surface area contributed by atoms with Gasteiger partial charge in [0, 0.05) is 25.3 Å². The SMILES string of the molecule is CCNCc1ccc(OC)cc1OCCOC. The Hall–Kier alpha value is -1.26. The molecule has 0 fully saturated rings. The lowest BCUT2D eigenvalue weighted by Gasteiger charge is -2.13. The second-order valence-corrected chi connectivity index (χ2v) is 3.60. The number of hydrogen-bond acceptors (Lipinski definition) is 4. The summed E-state index contributed by atoms with van der Waals surface area (Å²) in [5, 5.41) is 3.28. The fourth-order valence-electron chi connectivity index (χ4n) is 1.44. The average molecular weight is 239 g/mol. The van der Waals surface area contributed by atoms with Gasteiger partial charge in [0.1, 0.15) is 18.1 Å². The van der Waals surface area contributed by atoms with Crippen LogP contribution in [0.5, 0.6) is 11.5 Å². The Morgan fingerprint density at radius 2 is 2.00 bits per heavy atom. The van der Waals surface area contributed by atoms with Crippen molar-refractivity contribution < 1.29 is 14.2 Å². The lowest BCUT2D eigenvalue weighted by atomic mass is 10.2. The fraction of sp³-hybridized carbons (Fsp3) is 0.538. The molecule has 1 rings (SSSR count). The van der Waals surface area contributed by atoms with Crippen LogP contribution in [-0.4, -0.2) is 34.0 Å². The van der Waals surface area contributed by atoms with Gasteiger partial charge < -0.3 is 19.5 Å².